The fourth-order valence-electron chi connectivity index (χ4n) is 1.84. The average Bonchev–Trinajstić information content (AvgIpc) is 2.43. The first-order valence-corrected chi connectivity index (χ1v) is 6.45. The van der Waals surface area contributed by atoms with Crippen LogP contribution >= 0.6 is 0 Å². The minimum absolute atomic E-state index is 0.0784. The maximum absolute atomic E-state index is 11.3. The summed E-state index contributed by atoms with van der Waals surface area (Å²) in [5.74, 6) is 0.0784. The SMILES string of the molecule is CCCN(CCC(=O)NC)c1ccc(CN)cc1. The number of hydrogen-bond donors (Lipinski definition) is 2. The van der Waals surface area contributed by atoms with E-state index in [0.717, 1.165) is 30.8 Å². The van der Waals surface area contributed by atoms with Gasteiger partial charge in [0.05, 0.1) is 0 Å². The number of nitrogens with two attached hydrogens (primary N) is 1. The number of nitrogens with one attached hydrogen (secondary N) is 1. The summed E-state index contributed by atoms with van der Waals surface area (Å²) in [5.41, 5.74) is 7.86. The molecule has 100 valence electrons. The number of benzene rings is 1. The summed E-state index contributed by atoms with van der Waals surface area (Å²) >= 11 is 0. The molecule has 0 saturated heterocycles. The van der Waals surface area contributed by atoms with E-state index in [1.54, 1.807) is 7.05 Å². The second kappa shape index (κ2) is 7.71. The van der Waals surface area contributed by atoms with Crippen LogP contribution in [0.3, 0.4) is 0 Å². The quantitative estimate of drug-likeness (QED) is 0.770. The molecule has 1 aromatic rings. The van der Waals surface area contributed by atoms with Gasteiger partial charge in [-0.3, -0.25) is 4.79 Å². The maximum atomic E-state index is 11.3. The second-order valence-corrected chi connectivity index (χ2v) is 4.28. The van der Waals surface area contributed by atoms with E-state index in [-0.39, 0.29) is 5.91 Å². The van der Waals surface area contributed by atoms with Crippen LogP contribution in [0.1, 0.15) is 25.3 Å². The molecule has 0 heterocycles. The first-order chi connectivity index (χ1) is 8.71. The van der Waals surface area contributed by atoms with Crippen LogP contribution in [0.25, 0.3) is 0 Å². The molecule has 0 aliphatic carbocycles. The predicted octanol–water partition coefficient (Wildman–Crippen LogP) is 1.50. The molecular weight excluding hydrogens is 226 g/mol. The van der Waals surface area contributed by atoms with Gasteiger partial charge in [0.1, 0.15) is 0 Å². The van der Waals surface area contributed by atoms with Crippen molar-refractivity contribution in [2.45, 2.75) is 26.3 Å². The molecule has 0 spiro atoms. The van der Waals surface area contributed by atoms with Crippen LogP contribution in [0, 0.1) is 0 Å². The van der Waals surface area contributed by atoms with Gasteiger partial charge in [-0.25, -0.2) is 0 Å². The zero-order chi connectivity index (χ0) is 13.4. The number of anilines is 1. The summed E-state index contributed by atoms with van der Waals surface area (Å²) in [6.07, 6.45) is 1.58. The molecular formula is C14H23N3O. The highest BCUT2D eigenvalue weighted by Crippen LogP contribution is 2.16. The highest BCUT2D eigenvalue weighted by molar-refractivity contribution is 5.76. The number of nitrogens with zero attached hydrogens (tertiary/aromatic N) is 1. The summed E-state index contributed by atoms with van der Waals surface area (Å²) in [6.45, 7) is 4.40. The molecule has 0 unspecified atom stereocenters. The number of hydrogen-bond acceptors (Lipinski definition) is 3. The van der Waals surface area contributed by atoms with Crippen molar-refractivity contribution in [3.8, 4) is 0 Å². The van der Waals surface area contributed by atoms with Gasteiger partial charge in [-0.2, -0.15) is 0 Å². The van der Waals surface area contributed by atoms with Crippen LogP contribution in [0.15, 0.2) is 24.3 Å². The monoisotopic (exact) mass is 249 g/mol. The lowest BCUT2D eigenvalue weighted by Gasteiger charge is -2.24. The van der Waals surface area contributed by atoms with Gasteiger partial charge in [-0.1, -0.05) is 19.1 Å². The molecule has 18 heavy (non-hydrogen) atoms. The summed E-state index contributed by atoms with van der Waals surface area (Å²) in [5, 5.41) is 2.65. The third-order valence-electron chi connectivity index (χ3n) is 2.92. The molecule has 0 radical (unpaired) electrons. The smallest absolute Gasteiger partial charge is 0.221 e. The van der Waals surface area contributed by atoms with E-state index in [1.165, 1.54) is 0 Å². The molecule has 0 atom stereocenters. The van der Waals surface area contributed by atoms with Crippen molar-refractivity contribution >= 4 is 11.6 Å². The Hall–Kier alpha value is -1.55. The van der Waals surface area contributed by atoms with Crippen molar-refractivity contribution < 1.29 is 4.79 Å². The van der Waals surface area contributed by atoms with Gasteiger partial charge in [0, 0.05) is 38.8 Å². The van der Waals surface area contributed by atoms with Crippen molar-refractivity contribution in [3.63, 3.8) is 0 Å². The number of carbonyl (C=O) groups excluding carboxylic acids is 1. The average molecular weight is 249 g/mol. The predicted molar refractivity (Wildman–Crippen MR) is 75.5 cm³/mol. The Bertz CT molecular complexity index is 362. The van der Waals surface area contributed by atoms with E-state index >= 15 is 0 Å². The van der Waals surface area contributed by atoms with E-state index in [2.05, 4.69) is 29.3 Å². The van der Waals surface area contributed by atoms with Gasteiger partial charge in [0.2, 0.25) is 5.91 Å². The van der Waals surface area contributed by atoms with Crippen LogP contribution < -0.4 is 16.0 Å². The maximum Gasteiger partial charge on any atom is 0.221 e. The summed E-state index contributed by atoms with van der Waals surface area (Å²) in [7, 11) is 1.67. The van der Waals surface area contributed by atoms with Crippen LogP contribution in [0.5, 0.6) is 0 Å². The fourth-order valence-corrected chi connectivity index (χ4v) is 1.84. The van der Waals surface area contributed by atoms with Crippen molar-refractivity contribution in [3.05, 3.63) is 29.8 Å². The van der Waals surface area contributed by atoms with E-state index in [0.29, 0.717) is 13.0 Å². The van der Waals surface area contributed by atoms with Crippen molar-refractivity contribution in [2.75, 3.05) is 25.0 Å². The molecule has 3 N–H and O–H groups in total. The Morgan fingerprint density at radius 2 is 1.94 bits per heavy atom. The number of amides is 1. The molecule has 0 aliphatic rings. The standard InChI is InChI=1S/C14H23N3O/c1-3-9-17(10-8-14(18)16-2)13-6-4-12(11-15)5-7-13/h4-7H,3,8-11,15H2,1-2H3,(H,16,18). The van der Waals surface area contributed by atoms with E-state index in [1.807, 2.05) is 12.1 Å². The molecule has 4 heteroatoms. The largest absolute Gasteiger partial charge is 0.371 e. The summed E-state index contributed by atoms with van der Waals surface area (Å²) in [6, 6.07) is 8.22. The first-order valence-electron chi connectivity index (χ1n) is 6.45. The van der Waals surface area contributed by atoms with Crippen molar-refractivity contribution in [2.24, 2.45) is 5.73 Å². The van der Waals surface area contributed by atoms with Crippen LogP contribution in [-0.4, -0.2) is 26.0 Å². The summed E-state index contributed by atoms with van der Waals surface area (Å²) in [4.78, 5) is 13.5. The van der Waals surface area contributed by atoms with Gasteiger partial charge >= 0.3 is 0 Å². The first kappa shape index (κ1) is 14.5. The Morgan fingerprint density at radius 1 is 1.28 bits per heavy atom. The van der Waals surface area contributed by atoms with Gasteiger partial charge in [-0.05, 0) is 24.1 Å². The lowest BCUT2D eigenvalue weighted by Crippen LogP contribution is -2.30. The second-order valence-electron chi connectivity index (χ2n) is 4.28. The molecule has 0 saturated carbocycles. The van der Waals surface area contributed by atoms with E-state index in [9.17, 15) is 4.79 Å². The zero-order valence-electron chi connectivity index (χ0n) is 11.3. The Morgan fingerprint density at radius 3 is 2.44 bits per heavy atom. The highest BCUT2D eigenvalue weighted by atomic mass is 16.1. The van der Waals surface area contributed by atoms with Crippen molar-refractivity contribution in [1.29, 1.82) is 0 Å². The third-order valence-corrected chi connectivity index (χ3v) is 2.92. The molecule has 1 amide bonds. The van der Waals surface area contributed by atoms with Gasteiger partial charge < -0.3 is 16.0 Å². The Kier molecular flexibility index (Phi) is 6.22. The van der Waals surface area contributed by atoms with Crippen molar-refractivity contribution in [1.82, 2.24) is 5.32 Å². The molecule has 1 rings (SSSR count). The molecule has 0 aliphatic heterocycles. The number of rotatable bonds is 7. The van der Waals surface area contributed by atoms with Gasteiger partial charge in [-0.15, -0.1) is 0 Å². The topological polar surface area (TPSA) is 58.4 Å². The summed E-state index contributed by atoms with van der Waals surface area (Å²) < 4.78 is 0. The fraction of sp³-hybridized carbons (Fsp3) is 0.500. The van der Waals surface area contributed by atoms with Gasteiger partial charge in [0.15, 0.2) is 0 Å². The van der Waals surface area contributed by atoms with E-state index < -0.39 is 0 Å². The van der Waals surface area contributed by atoms with Crippen LogP contribution in [0.4, 0.5) is 5.69 Å². The molecule has 0 fully saturated rings. The van der Waals surface area contributed by atoms with E-state index in [4.69, 9.17) is 5.73 Å². The van der Waals surface area contributed by atoms with Gasteiger partial charge in [0.25, 0.3) is 0 Å². The lowest BCUT2D eigenvalue weighted by atomic mass is 10.2. The third kappa shape index (κ3) is 4.37. The molecule has 4 nitrogen and oxygen atoms in total. The minimum Gasteiger partial charge on any atom is -0.371 e. The molecule has 1 aromatic carbocycles. The molecule has 0 aromatic heterocycles. The minimum atomic E-state index is 0.0784. The zero-order valence-corrected chi connectivity index (χ0v) is 11.3. The Balaban J connectivity index is 2.67. The highest BCUT2D eigenvalue weighted by Gasteiger charge is 2.07. The van der Waals surface area contributed by atoms with Crippen LogP contribution in [0.2, 0.25) is 0 Å². The number of carbonyl (C=O) groups is 1. The molecule has 0 bridgehead atoms. The Labute approximate surface area is 109 Å². The normalized spacial score (nSPS) is 10.2. The lowest BCUT2D eigenvalue weighted by molar-refractivity contribution is -0.120. The van der Waals surface area contributed by atoms with Crippen LogP contribution in [-0.2, 0) is 11.3 Å².